The summed E-state index contributed by atoms with van der Waals surface area (Å²) in [6.07, 6.45) is 8.90. The van der Waals surface area contributed by atoms with Gasteiger partial charge in [-0.1, -0.05) is 35.9 Å². The Bertz CT molecular complexity index is 1040. The van der Waals surface area contributed by atoms with Gasteiger partial charge in [0.05, 0.1) is 23.3 Å². The molecule has 1 aromatic rings. The van der Waals surface area contributed by atoms with E-state index in [1.165, 1.54) is 0 Å². The van der Waals surface area contributed by atoms with Crippen molar-refractivity contribution < 1.29 is 34.1 Å². The summed E-state index contributed by atoms with van der Waals surface area (Å²) in [5.74, 6) is -1.39. The number of nitrogens with one attached hydrogen (secondary N) is 1. The van der Waals surface area contributed by atoms with E-state index < -0.39 is 29.5 Å². The molecule has 0 spiro atoms. The van der Waals surface area contributed by atoms with E-state index in [0.717, 1.165) is 19.0 Å². The summed E-state index contributed by atoms with van der Waals surface area (Å²) in [4.78, 5) is 32.2. The lowest BCUT2D eigenvalue weighted by molar-refractivity contribution is -0.128. The molecule has 0 aromatic heterocycles. The first-order chi connectivity index (χ1) is 16.7. The molecule has 3 aliphatic heterocycles. The van der Waals surface area contributed by atoms with Crippen LogP contribution in [-0.2, 0) is 25.5 Å². The smallest absolute Gasteiger partial charge is 0.342 e. The molecule has 190 valence electrons. The maximum Gasteiger partial charge on any atom is 0.342 e. The van der Waals surface area contributed by atoms with Crippen LogP contribution in [0.5, 0.6) is 11.5 Å². The number of carbonyl (C=O) groups excluding carboxylic acids is 2. The zero-order chi connectivity index (χ0) is 25.2. The number of epoxide rings is 1. The Morgan fingerprint density at radius 2 is 2.03 bits per heavy atom. The normalized spacial score (nSPS) is 30.7. The van der Waals surface area contributed by atoms with Crippen molar-refractivity contribution >= 4 is 23.5 Å². The molecule has 3 N–H and O–H groups in total. The van der Waals surface area contributed by atoms with Gasteiger partial charge in [0, 0.05) is 32.0 Å². The molecule has 0 bridgehead atoms. The quantitative estimate of drug-likeness (QED) is 0.241. The molecule has 0 aliphatic carbocycles. The second kappa shape index (κ2) is 10.6. The predicted octanol–water partition coefficient (Wildman–Crippen LogP) is 3.02. The fourth-order valence-electron chi connectivity index (χ4n) is 4.62. The van der Waals surface area contributed by atoms with E-state index in [0.29, 0.717) is 19.4 Å². The molecule has 2 fully saturated rings. The average Bonchev–Trinajstić information content (AvgIpc) is 3.22. The molecular weight excluding hydrogens is 476 g/mol. The SMILES string of the molecule is C[C@@H]1C[C@@]2(C)O[C@@H]2/C=C\C=C\C(NOCCN2CCCC2=O)Cc2c(Cl)c(O)cc(O)c2C(=O)O1. The van der Waals surface area contributed by atoms with E-state index in [9.17, 15) is 19.8 Å². The molecule has 3 heterocycles. The molecule has 35 heavy (non-hydrogen) atoms. The van der Waals surface area contributed by atoms with E-state index in [-0.39, 0.29) is 46.9 Å². The number of hydrogen-bond acceptors (Lipinski definition) is 8. The van der Waals surface area contributed by atoms with Crippen LogP contribution in [0.15, 0.2) is 30.4 Å². The number of phenols is 2. The number of phenolic OH excluding ortho intramolecular Hbond substituents is 2. The predicted molar refractivity (Wildman–Crippen MR) is 128 cm³/mol. The van der Waals surface area contributed by atoms with Crippen LogP contribution in [0.3, 0.4) is 0 Å². The number of aromatic hydroxyl groups is 2. The third-order valence-electron chi connectivity index (χ3n) is 6.50. The van der Waals surface area contributed by atoms with Crippen molar-refractivity contribution in [2.75, 3.05) is 19.7 Å². The van der Waals surface area contributed by atoms with Crippen LogP contribution < -0.4 is 5.48 Å². The molecule has 1 unspecified atom stereocenters. The Labute approximate surface area is 209 Å². The summed E-state index contributed by atoms with van der Waals surface area (Å²) in [6, 6.07) is 0.549. The monoisotopic (exact) mass is 506 g/mol. The first-order valence-corrected chi connectivity index (χ1v) is 12.2. The van der Waals surface area contributed by atoms with Gasteiger partial charge in [0.15, 0.2) is 0 Å². The topological polar surface area (TPSA) is 121 Å². The summed E-state index contributed by atoms with van der Waals surface area (Å²) >= 11 is 6.38. The summed E-state index contributed by atoms with van der Waals surface area (Å²) in [5, 5.41) is 20.7. The van der Waals surface area contributed by atoms with Gasteiger partial charge in [0.25, 0.3) is 0 Å². The number of cyclic esters (lactones) is 1. The van der Waals surface area contributed by atoms with Crippen LogP contribution in [0.4, 0.5) is 0 Å². The van der Waals surface area contributed by atoms with E-state index in [2.05, 4.69) is 5.48 Å². The first kappa shape index (κ1) is 25.5. The Morgan fingerprint density at radius 1 is 1.26 bits per heavy atom. The number of hydroxylamine groups is 1. The van der Waals surface area contributed by atoms with Crippen molar-refractivity contribution in [3.05, 3.63) is 46.5 Å². The molecule has 1 amide bonds. The average molecular weight is 507 g/mol. The van der Waals surface area contributed by atoms with Gasteiger partial charge in [-0.3, -0.25) is 9.63 Å². The number of benzene rings is 1. The number of amides is 1. The Morgan fingerprint density at radius 3 is 2.77 bits per heavy atom. The molecule has 1 aromatic carbocycles. The van der Waals surface area contributed by atoms with Gasteiger partial charge < -0.3 is 24.6 Å². The van der Waals surface area contributed by atoms with Crippen molar-refractivity contribution in [2.24, 2.45) is 0 Å². The number of fused-ring (bicyclic) bond motifs is 2. The van der Waals surface area contributed by atoms with Gasteiger partial charge in [0.2, 0.25) is 5.91 Å². The van der Waals surface area contributed by atoms with Crippen LogP contribution in [0.2, 0.25) is 5.02 Å². The lowest BCUT2D eigenvalue weighted by atomic mass is 9.97. The second-order valence-corrected chi connectivity index (χ2v) is 9.76. The highest BCUT2D eigenvalue weighted by Gasteiger charge is 2.51. The number of nitrogens with zero attached hydrogens (tertiary/aromatic N) is 1. The van der Waals surface area contributed by atoms with Crippen LogP contribution in [-0.4, -0.2) is 70.5 Å². The molecule has 0 saturated carbocycles. The molecule has 4 atom stereocenters. The Balaban J connectivity index is 1.57. The minimum atomic E-state index is -0.739. The fourth-order valence-corrected chi connectivity index (χ4v) is 4.84. The fraction of sp³-hybridized carbons (Fsp3) is 0.520. The molecule has 3 aliphatic rings. The molecule has 10 heteroatoms. The lowest BCUT2D eigenvalue weighted by Gasteiger charge is -2.22. The molecule has 2 saturated heterocycles. The van der Waals surface area contributed by atoms with Gasteiger partial charge >= 0.3 is 5.97 Å². The summed E-state index contributed by atoms with van der Waals surface area (Å²) in [6.45, 7) is 5.17. The number of ether oxygens (including phenoxy) is 2. The molecular formula is C25H31ClN2O7. The molecule has 0 radical (unpaired) electrons. The largest absolute Gasteiger partial charge is 0.507 e. The highest BCUT2D eigenvalue weighted by Crippen LogP contribution is 2.42. The number of allylic oxidation sites excluding steroid dienone is 2. The van der Waals surface area contributed by atoms with Crippen molar-refractivity contribution in [1.82, 2.24) is 10.4 Å². The number of carbonyl (C=O) groups is 2. The van der Waals surface area contributed by atoms with Crippen molar-refractivity contribution in [1.29, 1.82) is 0 Å². The van der Waals surface area contributed by atoms with Gasteiger partial charge in [-0.2, -0.15) is 5.48 Å². The highest BCUT2D eigenvalue weighted by atomic mass is 35.5. The maximum absolute atomic E-state index is 13.1. The minimum Gasteiger partial charge on any atom is -0.507 e. The zero-order valence-electron chi connectivity index (χ0n) is 19.8. The van der Waals surface area contributed by atoms with E-state index in [1.807, 2.05) is 31.2 Å². The highest BCUT2D eigenvalue weighted by molar-refractivity contribution is 6.33. The molecule has 4 rings (SSSR count). The number of halogens is 1. The third kappa shape index (κ3) is 5.98. The number of likely N-dealkylation sites (tertiary alicyclic amines) is 1. The summed E-state index contributed by atoms with van der Waals surface area (Å²) in [7, 11) is 0. The van der Waals surface area contributed by atoms with Crippen molar-refractivity contribution in [3.8, 4) is 11.5 Å². The van der Waals surface area contributed by atoms with Crippen molar-refractivity contribution in [3.63, 3.8) is 0 Å². The van der Waals surface area contributed by atoms with E-state index in [1.54, 1.807) is 11.8 Å². The second-order valence-electron chi connectivity index (χ2n) is 9.38. The Kier molecular flexibility index (Phi) is 7.70. The van der Waals surface area contributed by atoms with E-state index >= 15 is 0 Å². The Hall–Kier alpha value is -2.59. The van der Waals surface area contributed by atoms with Crippen LogP contribution in [0, 0.1) is 0 Å². The standard InChI is InChI=1S/C25H31ClN2O7/c1-15-14-25(2)20(35-25)7-4-3-6-16(27-33-11-10-28-9-5-8-21(28)31)12-17-22(24(32)34-15)18(29)13-19(30)23(17)26/h3-4,6-7,13,15-16,20,27,29-30H,5,8-12,14H2,1-2H3/b6-3+,7-4-/t15-,16?,20-,25-/m1/s1. The van der Waals surface area contributed by atoms with Crippen LogP contribution in [0.25, 0.3) is 0 Å². The first-order valence-electron chi connectivity index (χ1n) is 11.8. The van der Waals surface area contributed by atoms with Crippen molar-refractivity contribution in [2.45, 2.75) is 63.4 Å². The number of rotatable bonds is 5. The van der Waals surface area contributed by atoms with Gasteiger partial charge in [-0.05, 0) is 32.3 Å². The third-order valence-corrected chi connectivity index (χ3v) is 6.92. The maximum atomic E-state index is 13.1. The number of esters is 1. The van der Waals surface area contributed by atoms with Gasteiger partial charge in [-0.25, -0.2) is 4.79 Å². The van der Waals surface area contributed by atoms with Gasteiger partial charge in [0.1, 0.15) is 29.3 Å². The molecule has 9 nitrogen and oxygen atoms in total. The minimum absolute atomic E-state index is 0.0505. The summed E-state index contributed by atoms with van der Waals surface area (Å²) < 4.78 is 11.4. The number of hydrogen-bond donors (Lipinski definition) is 3. The van der Waals surface area contributed by atoms with Gasteiger partial charge in [-0.15, -0.1) is 0 Å². The van der Waals surface area contributed by atoms with Crippen LogP contribution >= 0.6 is 11.6 Å². The summed E-state index contributed by atoms with van der Waals surface area (Å²) in [5.41, 5.74) is 2.62. The van der Waals surface area contributed by atoms with E-state index in [4.69, 9.17) is 25.9 Å². The zero-order valence-corrected chi connectivity index (χ0v) is 20.6. The lowest BCUT2D eigenvalue weighted by Crippen LogP contribution is -2.35. The van der Waals surface area contributed by atoms with Crippen LogP contribution in [0.1, 0.15) is 49.0 Å².